The average Bonchev–Trinajstić information content (AvgIpc) is 2.61. The van der Waals surface area contributed by atoms with E-state index in [1.807, 2.05) is 38.1 Å². The molecule has 1 heterocycles. The normalized spacial score (nSPS) is 17.3. The van der Waals surface area contributed by atoms with Gasteiger partial charge in [-0.2, -0.15) is 17.0 Å². The molecule has 0 bridgehead atoms. The summed E-state index contributed by atoms with van der Waals surface area (Å²) in [5.74, 6) is 1.02. The smallest absolute Gasteiger partial charge is 0.282 e. The molecule has 0 saturated carbocycles. The fourth-order valence-electron chi connectivity index (χ4n) is 2.93. The Hall–Kier alpha value is -0.310. The van der Waals surface area contributed by atoms with Gasteiger partial charge in [-0.1, -0.05) is 37.6 Å². The first-order chi connectivity index (χ1) is 12.0. The van der Waals surface area contributed by atoms with Crippen molar-refractivity contribution in [3.63, 3.8) is 0 Å². The van der Waals surface area contributed by atoms with Gasteiger partial charge in [0.05, 0.1) is 5.02 Å². The molecule has 1 aromatic carbocycles. The second-order valence-electron chi connectivity index (χ2n) is 5.97. The van der Waals surface area contributed by atoms with E-state index in [0.29, 0.717) is 26.2 Å². The summed E-state index contributed by atoms with van der Waals surface area (Å²) in [5.41, 5.74) is 0. The first kappa shape index (κ1) is 21.0. The van der Waals surface area contributed by atoms with Gasteiger partial charge >= 0.3 is 0 Å². The van der Waals surface area contributed by atoms with Gasteiger partial charge in [0.1, 0.15) is 0 Å². The molecule has 1 saturated heterocycles. The Kier molecular flexibility index (Phi) is 8.51. The molecular weight excluding hydrogens is 378 g/mol. The Morgan fingerprint density at radius 3 is 2.36 bits per heavy atom. The molecule has 0 aliphatic carbocycles. The van der Waals surface area contributed by atoms with Gasteiger partial charge in [-0.3, -0.25) is 0 Å². The Morgan fingerprint density at radius 2 is 1.76 bits per heavy atom. The van der Waals surface area contributed by atoms with Gasteiger partial charge < -0.3 is 4.90 Å². The molecule has 0 aromatic heterocycles. The van der Waals surface area contributed by atoms with Crippen molar-refractivity contribution in [2.75, 3.05) is 51.6 Å². The number of piperazine rings is 1. The highest BCUT2D eigenvalue weighted by Gasteiger charge is 2.30. The van der Waals surface area contributed by atoms with Crippen LogP contribution in [-0.4, -0.2) is 73.5 Å². The Morgan fingerprint density at radius 1 is 1.12 bits per heavy atom. The van der Waals surface area contributed by atoms with Crippen molar-refractivity contribution < 1.29 is 8.42 Å². The molecule has 1 aromatic rings. The number of halogens is 1. The first-order valence-electron chi connectivity index (χ1n) is 8.84. The predicted molar refractivity (Wildman–Crippen MR) is 107 cm³/mol. The molecular formula is C17H28ClN3O2S2. The van der Waals surface area contributed by atoms with Crippen LogP contribution >= 0.6 is 23.4 Å². The zero-order chi connectivity index (χ0) is 18.3. The zero-order valence-corrected chi connectivity index (χ0v) is 17.4. The summed E-state index contributed by atoms with van der Waals surface area (Å²) in [6.45, 7) is 8.58. The van der Waals surface area contributed by atoms with E-state index in [-0.39, 0.29) is 0 Å². The summed E-state index contributed by atoms with van der Waals surface area (Å²) >= 11 is 7.94. The number of hydrogen-bond acceptors (Lipinski definition) is 4. The van der Waals surface area contributed by atoms with Gasteiger partial charge in [-0.15, -0.1) is 11.8 Å². The average molecular weight is 406 g/mol. The van der Waals surface area contributed by atoms with E-state index in [4.69, 9.17) is 11.6 Å². The fourth-order valence-corrected chi connectivity index (χ4v) is 5.71. The van der Waals surface area contributed by atoms with Crippen LogP contribution < -0.4 is 0 Å². The van der Waals surface area contributed by atoms with Gasteiger partial charge in [0.2, 0.25) is 0 Å². The summed E-state index contributed by atoms with van der Waals surface area (Å²) in [6, 6.07) is 7.91. The van der Waals surface area contributed by atoms with Crippen molar-refractivity contribution >= 4 is 33.6 Å². The topological polar surface area (TPSA) is 43.9 Å². The van der Waals surface area contributed by atoms with Crippen molar-refractivity contribution in [2.24, 2.45) is 0 Å². The number of rotatable bonds is 9. The second-order valence-corrected chi connectivity index (χ2v) is 9.44. The molecule has 5 nitrogen and oxygen atoms in total. The molecule has 8 heteroatoms. The van der Waals surface area contributed by atoms with Crippen LogP contribution in [-0.2, 0) is 10.2 Å². The quantitative estimate of drug-likeness (QED) is 0.468. The van der Waals surface area contributed by atoms with Crippen LogP contribution in [0, 0.1) is 0 Å². The lowest BCUT2D eigenvalue weighted by atomic mass is 10.3. The highest BCUT2D eigenvalue weighted by atomic mass is 35.5. The van der Waals surface area contributed by atoms with Crippen molar-refractivity contribution in [1.82, 2.24) is 13.5 Å². The summed E-state index contributed by atoms with van der Waals surface area (Å²) < 4.78 is 28.2. The van der Waals surface area contributed by atoms with Crippen LogP contribution in [0.15, 0.2) is 29.2 Å². The third kappa shape index (κ3) is 5.84. The SMILES string of the molecule is CCN(CC)S(=O)(=O)N1CCN(CCCSc2ccccc2Cl)CC1. The van der Waals surface area contributed by atoms with E-state index in [1.165, 1.54) is 4.31 Å². The Bertz CT molecular complexity index is 631. The minimum atomic E-state index is -3.29. The van der Waals surface area contributed by atoms with Crippen LogP contribution in [0.5, 0.6) is 0 Å². The monoisotopic (exact) mass is 405 g/mol. The molecule has 0 amide bonds. The van der Waals surface area contributed by atoms with E-state index < -0.39 is 10.2 Å². The fraction of sp³-hybridized carbons (Fsp3) is 0.647. The Balaban J connectivity index is 1.71. The van der Waals surface area contributed by atoms with Crippen LogP contribution in [0.3, 0.4) is 0 Å². The van der Waals surface area contributed by atoms with Gasteiger partial charge in [-0.05, 0) is 30.9 Å². The molecule has 0 spiro atoms. The predicted octanol–water partition coefficient (Wildman–Crippen LogP) is 3.03. The third-order valence-electron chi connectivity index (χ3n) is 4.40. The van der Waals surface area contributed by atoms with E-state index >= 15 is 0 Å². The lowest BCUT2D eigenvalue weighted by Crippen LogP contribution is -2.53. The molecule has 1 fully saturated rings. The van der Waals surface area contributed by atoms with E-state index in [0.717, 1.165) is 41.7 Å². The van der Waals surface area contributed by atoms with Crippen molar-refractivity contribution in [2.45, 2.75) is 25.2 Å². The van der Waals surface area contributed by atoms with Crippen molar-refractivity contribution in [3.05, 3.63) is 29.3 Å². The maximum absolute atomic E-state index is 12.5. The number of nitrogens with zero attached hydrogens (tertiary/aromatic N) is 3. The van der Waals surface area contributed by atoms with Crippen LogP contribution in [0.2, 0.25) is 5.02 Å². The largest absolute Gasteiger partial charge is 0.301 e. The summed E-state index contributed by atoms with van der Waals surface area (Å²) in [7, 11) is -3.29. The van der Waals surface area contributed by atoms with Crippen molar-refractivity contribution in [1.29, 1.82) is 0 Å². The zero-order valence-electron chi connectivity index (χ0n) is 15.0. The highest BCUT2D eigenvalue weighted by molar-refractivity contribution is 7.99. The van der Waals surface area contributed by atoms with Crippen LogP contribution in [0.1, 0.15) is 20.3 Å². The van der Waals surface area contributed by atoms with Crippen LogP contribution in [0.4, 0.5) is 0 Å². The highest BCUT2D eigenvalue weighted by Crippen LogP contribution is 2.27. The summed E-state index contributed by atoms with van der Waals surface area (Å²) in [4.78, 5) is 3.47. The molecule has 1 aliphatic heterocycles. The van der Waals surface area contributed by atoms with Gasteiger partial charge in [0.15, 0.2) is 0 Å². The standard InChI is InChI=1S/C17H28ClN3O2S2/c1-3-20(4-2)25(22,23)21-13-11-19(12-14-21)10-7-15-24-17-9-6-5-8-16(17)18/h5-6,8-9H,3-4,7,10-15H2,1-2H3. The van der Waals surface area contributed by atoms with Crippen molar-refractivity contribution in [3.8, 4) is 0 Å². The first-order valence-corrected chi connectivity index (χ1v) is 11.6. The lowest BCUT2D eigenvalue weighted by Gasteiger charge is -2.36. The molecule has 1 aliphatic rings. The van der Waals surface area contributed by atoms with Gasteiger partial charge in [0.25, 0.3) is 10.2 Å². The third-order valence-corrected chi connectivity index (χ3v) is 8.19. The molecule has 0 atom stereocenters. The summed E-state index contributed by atoms with van der Waals surface area (Å²) in [5, 5.41) is 0.808. The number of benzene rings is 1. The molecule has 25 heavy (non-hydrogen) atoms. The van der Waals surface area contributed by atoms with E-state index in [1.54, 1.807) is 16.1 Å². The van der Waals surface area contributed by atoms with E-state index in [9.17, 15) is 8.42 Å². The number of thioether (sulfide) groups is 1. The van der Waals surface area contributed by atoms with Gasteiger partial charge in [0, 0.05) is 44.2 Å². The van der Waals surface area contributed by atoms with Gasteiger partial charge in [-0.25, -0.2) is 0 Å². The lowest BCUT2D eigenvalue weighted by molar-refractivity contribution is 0.182. The Labute approximate surface area is 161 Å². The molecule has 0 N–H and O–H groups in total. The molecule has 2 rings (SSSR count). The summed E-state index contributed by atoms with van der Waals surface area (Å²) in [6.07, 6.45) is 1.07. The number of hydrogen-bond donors (Lipinski definition) is 0. The maximum atomic E-state index is 12.5. The minimum Gasteiger partial charge on any atom is -0.301 e. The minimum absolute atomic E-state index is 0.526. The van der Waals surface area contributed by atoms with Crippen LogP contribution in [0.25, 0.3) is 0 Å². The molecule has 142 valence electrons. The van der Waals surface area contributed by atoms with E-state index in [2.05, 4.69) is 4.90 Å². The maximum Gasteiger partial charge on any atom is 0.282 e. The molecule has 0 radical (unpaired) electrons. The second kappa shape index (κ2) is 10.1. The molecule has 0 unspecified atom stereocenters.